The fourth-order valence-electron chi connectivity index (χ4n) is 0.494. The largest absolute Gasteiger partial charge is 0.334 e. The standard InChI is InChI=1S/C5H11NOS.Pb/c1-3-6(4-2)5(7)8;/h3-4H2,1-2H3,(H,7,8);. The minimum atomic E-state index is -0.144. The molecule has 0 aliphatic heterocycles. The van der Waals surface area contributed by atoms with E-state index in [0.29, 0.717) is 0 Å². The molecule has 0 heterocycles. The number of amides is 1. The zero-order valence-electron chi connectivity index (χ0n) is 5.72. The number of carbonyl (C=O) groups excluding carboxylic acids is 1. The molecule has 52 valence electrons. The number of nitrogens with zero attached hydrogens (tertiary/aromatic N) is 1. The van der Waals surface area contributed by atoms with Crippen molar-refractivity contribution < 1.29 is 4.79 Å². The van der Waals surface area contributed by atoms with Crippen molar-refractivity contribution in [2.24, 2.45) is 0 Å². The first-order chi connectivity index (χ1) is 3.72. The van der Waals surface area contributed by atoms with Crippen molar-refractivity contribution in [1.29, 1.82) is 0 Å². The molecule has 0 aliphatic rings. The maximum atomic E-state index is 10.4. The van der Waals surface area contributed by atoms with Crippen LogP contribution in [-0.2, 0) is 0 Å². The van der Waals surface area contributed by atoms with Crippen molar-refractivity contribution in [2.45, 2.75) is 13.8 Å². The molecule has 1 amide bonds. The van der Waals surface area contributed by atoms with Crippen molar-refractivity contribution in [3.05, 3.63) is 0 Å². The van der Waals surface area contributed by atoms with Crippen molar-refractivity contribution in [3.8, 4) is 0 Å². The third-order valence-electron chi connectivity index (χ3n) is 1.03. The average Bonchev–Trinajstić information content (AvgIpc) is 1.69. The van der Waals surface area contributed by atoms with E-state index < -0.39 is 0 Å². The molecule has 0 bridgehead atoms. The Kier molecular flexibility index (Phi) is 9.46. The van der Waals surface area contributed by atoms with Gasteiger partial charge in [-0.05, 0) is 13.8 Å². The second-order valence-electron chi connectivity index (χ2n) is 1.45. The molecule has 0 aromatic heterocycles. The monoisotopic (exact) mass is 341 g/mol. The quantitative estimate of drug-likeness (QED) is 0.587. The topological polar surface area (TPSA) is 20.3 Å². The van der Waals surface area contributed by atoms with Gasteiger partial charge in [0.1, 0.15) is 0 Å². The van der Waals surface area contributed by atoms with E-state index in [0.717, 1.165) is 13.1 Å². The molecule has 0 unspecified atom stereocenters. The van der Waals surface area contributed by atoms with Crippen LogP contribution in [0.5, 0.6) is 0 Å². The molecular formula is C5H11NOPbS. The molecule has 0 aromatic carbocycles. The van der Waals surface area contributed by atoms with Crippen molar-refractivity contribution in [1.82, 2.24) is 4.90 Å². The number of carbonyl (C=O) groups is 1. The van der Waals surface area contributed by atoms with Crippen LogP contribution in [0.3, 0.4) is 0 Å². The van der Waals surface area contributed by atoms with E-state index in [4.69, 9.17) is 0 Å². The maximum absolute atomic E-state index is 10.4. The van der Waals surface area contributed by atoms with Crippen molar-refractivity contribution in [2.75, 3.05) is 13.1 Å². The number of thiol groups is 1. The molecule has 0 fully saturated rings. The molecule has 0 saturated carbocycles. The van der Waals surface area contributed by atoms with E-state index in [-0.39, 0.29) is 32.5 Å². The minimum Gasteiger partial charge on any atom is -0.334 e. The molecule has 0 saturated heterocycles. The van der Waals surface area contributed by atoms with Gasteiger partial charge in [-0.3, -0.25) is 4.79 Å². The molecule has 0 spiro atoms. The Morgan fingerprint density at radius 2 is 1.78 bits per heavy atom. The first kappa shape index (κ1) is 12.4. The molecule has 4 radical (unpaired) electrons. The van der Waals surface area contributed by atoms with Gasteiger partial charge < -0.3 is 4.90 Å². The fourth-order valence-corrected chi connectivity index (χ4v) is 0.777. The summed E-state index contributed by atoms with van der Waals surface area (Å²) < 4.78 is 0. The Hall–Kier alpha value is 0.742. The van der Waals surface area contributed by atoms with Gasteiger partial charge in [-0.15, -0.1) is 0 Å². The summed E-state index contributed by atoms with van der Waals surface area (Å²) in [5.41, 5.74) is 0. The van der Waals surface area contributed by atoms with E-state index in [1.165, 1.54) is 0 Å². The Balaban J connectivity index is 0. The van der Waals surface area contributed by atoms with Gasteiger partial charge in [0.25, 0.3) is 5.24 Å². The summed E-state index contributed by atoms with van der Waals surface area (Å²) in [4.78, 5) is 12.0. The van der Waals surface area contributed by atoms with Crippen molar-refractivity contribution in [3.63, 3.8) is 0 Å². The van der Waals surface area contributed by atoms with Crippen LogP contribution in [0.25, 0.3) is 0 Å². The van der Waals surface area contributed by atoms with Gasteiger partial charge in [0, 0.05) is 40.4 Å². The zero-order chi connectivity index (χ0) is 6.57. The Morgan fingerprint density at radius 1 is 1.44 bits per heavy atom. The molecule has 2 nitrogen and oxygen atoms in total. The summed E-state index contributed by atoms with van der Waals surface area (Å²) in [6, 6.07) is 0. The van der Waals surface area contributed by atoms with Crippen LogP contribution in [0.2, 0.25) is 0 Å². The van der Waals surface area contributed by atoms with Gasteiger partial charge >= 0.3 is 0 Å². The molecule has 0 aliphatic carbocycles. The molecule has 0 N–H and O–H groups in total. The second kappa shape index (κ2) is 6.86. The van der Waals surface area contributed by atoms with Crippen molar-refractivity contribution >= 4 is 45.2 Å². The predicted octanol–water partition coefficient (Wildman–Crippen LogP) is 0.997. The maximum Gasteiger partial charge on any atom is 0.278 e. The summed E-state index contributed by atoms with van der Waals surface area (Å²) in [5, 5.41) is -0.144. The minimum absolute atomic E-state index is 0. The molecule has 0 aromatic rings. The van der Waals surface area contributed by atoms with E-state index in [9.17, 15) is 4.79 Å². The van der Waals surface area contributed by atoms with Crippen LogP contribution in [0.15, 0.2) is 0 Å². The van der Waals surface area contributed by atoms with Crippen LogP contribution in [-0.4, -0.2) is 50.5 Å². The van der Waals surface area contributed by atoms with E-state index in [2.05, 4.69) is 12.6 Å². The van der Waals surface area contributed by atoms with Crippen LogP contribution in [0.4, 0.5) is 4.79 Å². The summed E-state index contributed by atoms with van der Waals surface area (Å²) in [6.45, 7) is 5.35. The van der Waals surface area contributed by atoms with E-state index >= 15 is 0 Å². The van der Waals surface area contributed by atoms with Crippen LogP contribution >= 0.6 is 12.6 Å². The smallest absolute Gasteiger partial charge is 0.278 e. The molecule has 0 atom stereocenters. The van der Waals surface area contributed by atoms with Gasteiger partial charge in [0.05, 0.1) is 0 Å². The Bertz CT molecular complexity index is 85.0. The first-order valence-electron chi connectivity index (χ1n) is 2.70. The molecular weight excluding hydrogens is 329 g/mol. The summed E-state index contributed by atoms with van der Waals surface area (Å²) >= 11 is 3.64. The van der Waals surface area contributed by atoms with Gasteiger partial charge in [-0.1, -0.05) is 12.6 Å². The Morgan fingerprint density at radius 3 is 1.78 bits per heavy atom. The summed E-state index contributed by atoms with van der Waals surface area (Å²) in [5.74, 6) is 0. The SMILES string of the molecule is CCN(CC)C(=O)S.[Pb]. The normalized spacial score (nSPS) is 7.89. The molecule has 0 rings (SSSR count). The first-order valence-corrected chi connectivity index (χ1v) is 3.15. The van der Waals surface area contributed by atoms with Gasteiger partial charge in [0.15, 0.2) is 0 Å². The predicted molar refractivity (Wildman–Crippen MR) is 43.1 cm³/mol. The van der Waals surface area contributed by atoms with E-state index in [1.54, 1.807) is 4.90 Å². The second-order valence-corrected chi connectivity index (χ2v) is 1.84. The Labute approximate surface area is 81.6 Å². The van der Waals surface area contributed by atoms with Crippen LogP contribution in [0.1, 0.15) is 13.8 Å². The van der Waals surface area contributed by atoms with Gasteiger partial charge in [0.2, 0.25) is 0 Å². The average molecular weight is 340 g/mol. The third kappa shape index (κ3) is 5.20. The number of hydrogen-bond donors (Lipinski definition) is 1. The van der Waals surface area contributed by atoms with Gasteiger partial charge in [-0.2, -0.15) is 0 Å². The van der Waals surface area contributed by atoms with Crippen LogP contribution < -0.4 is 0 Å². The zero-order valence-corrected chi connectivity index (χ0v) is 10.5. The van der Waals surface area contributed by atoms with E-state index in [1.807, 2.05) is 13.8 Å². The third-order valence-corrected chi connectivity index (χ3v) is 1.32. The molecule has 9 heavy (non-hydrogen) atoms. The number of hydrogen-bond acceptors (Lipinski definition) is 1. The summed E-state index contributed by atoms with van der Waals surface area (Å²) in [6.07, 6.45) is 0. The molecule has 4 heteroatoms. The number of rotatable bonds is 2. The van der Waals surface area contributed by atoms with Crippen LogP contribution in [0, 0.1) is 0 Å². The fraction of sp³-hybridized carbons (Fsp3) is 0.800. The summed E-state index contributed by atoms with van der Waals surface area (Å²) in [7, 11) is 0. The van der Waals surface area contributed by atoms with Gasteiger partial charge in [-0.25, -0.2) is 0 Å².